The quantitative estimate of drug-likeness (QED) is 0.781. The van der Waals surface area contributed by atoms with Gasteiger partial charge >= 0.3 is 0 Å². The first kappa shape index (κ1) is 11.0. The lowest BCUT2D eigenvalue weighted by Gasteiger charge is -2.28. The second-order valence-electron chi connectivity index (χ2n) is 4.65. The molecule has 2 rings (SSSR count). The molecule has 15 heavy (non-hydrogen) atoms. The number of thioether (sulfide) groups is 1. The van der Waals surface area contributed by atoms with Gasteiger partial charge in [-0.05, 0) is 37.6 Å². The monoisotopic (exact) mass is 221 g/mol. The molecule has 1 aromatic carbocycles. The molecule has 0 spiro atoms. The smallest absolute Gasteiger partial charge is 0.0789 e. The normalized spacial score (nSPS) is 26.6. The fraction of sp³-hybridized carbons (Fsp3) is 0.538. The van der Waals surface area contributed by atoms with Gasteiger partial charge in [-0.3, -0.25) is 0 Å². The lowest BCUT2D eigenvalue weighted by atomic mass is 10.1. The average molecular weight is 221 g/mol. The summed E-state index contributed by atoms with van der Waals surface area (Å²) in [6.07, 6.45) is 0. The molecule has 0 amide bonds. The van der Waals surface area contributed by atoms with E-state index in [-0.39, 0.29) is 0 Å². The maximum Gasteiger partial charge on any atom is 0.0789 e. The van der Waals surface area contributed by atoms with Gasteiger partial charge in [0.15, 0.2) is 0 Å². The lowest BCUT2D eigenvalue weighted by molar-refractivity contribution is 0.529. The van der Waals surface area contributed by atoms with E-state index in [4.69, 9.17) is 0 Å². The Hall–Kier alpha value is -0.470. The topological polar surface area (TPSA) is 12.0 Å². The van der Waals surface area contributed by atoms with E-state index in [1.165, 1.54) is 22.4 Å². The van der Waals surface area contributed by atoms with Crippen molar-refractivity contribution in [3.63, 3.8) is 0 Å². The van der Waals surface area contributed by atoms with Crippen molar-refractivity contribution >= 4 is 11.8 Å². The molecule has 1 aliphatic rings. The van der Waals surface area contributed by atoms with Gasteiger partial charge in [-0.1, -0.05) is 36.2 Å². The summed E-state index contributed by atoms with van der Waals surface area (Å²) in [4.78, 5) is 0. The number of hydrogen-bond acceptors (Lipinski definition) is 2. The van der Waals surface area contributed by atoms with E-state index in [9.17, 15) is 0 Å². The SMILES string of the molecule is Cc1cc(C)cc(C2NCC(C)CS2)c1. The molecule has 82 valence electrons. The van der Waals surface area contributed by atoms with Gasteiger partial charge in [-0.15, -0.1) is 11.8 Å². The Morgan fingerprint density at radius 3 is 2.40 bits per heavy atom. The molecule has 1 nitrogen and oxygen atoms in total. The molecule has 1 aromatic rings. The molecular formula is C13H19NS. The van der Waals surface area contributed by atoms with Crippen LogP contribution in [0.1, 0.15) is 29.0 Å². The van der Waals surface area contributed by atoms with E-state index >= 15 is 0 Å². The van der Waals surface area contributed by atoms with Crippen LogP contribution in [-0.2, 0) is 0 Å². The fourth-order valence-corrected chi connectivity index (χ4v) is 3.24. The summed E-state index contributed by atoms with van der Waals surface area (Å²) in [5.41, 5.74) is 4.17. The fourth-order valence-electron chi connectivity index (χ4n) is 2.06. The lowest BCUT2D eigenvalue weighted by Crippen LogP contribution is -2.31. The molecule has 0 saturated carbocycles. The predicted molar refractivity (Wildman–Crippen MR) is 68.3 cm³/mol. The minimum atomic E-state index is 0.500. The first-order valence-electron chi connectivity index (χ1n) is 5.58. The van der Waals surface area contributed by atoms with Gasteiger partial charge < -0.3 is 5.32 Å². The average Bonchev–Trinajstić information content (AvgIpc) is 2.17. The van der Waals surface area contributed by atoms with Crippen molar-refractivity contribution in [2.24, 2.45) is 5.92 Å². The van der Waals surface area contributed by atoms with E-state index in [0.29, 0.717) is 5.37 Å². The highest BCUT2D eigenvalue weighted by Gasteiger charge is 2.19. The summed E-state index contributed by atoms with van der Waals surface area (Å²) >= 11 is 2.03. The highest BCUT2D eigenvalue weighted by Crippen LogP contribution is 2.32. The molecule has 2 heteroatoms. The molecular weight excluding hydrogens is 202 g/mol. The highest BCUT2D eigenvalue weighted by molar-refractivity contribution is 7.99. The van der Waals surface area contributed by atoms with Crippen LogP contribution in [0.25, 0.3) is 0 Å². The second-order valence-corrected chi connectivity index (χ2v) is 5.79. The Morgan fingerprint density at radius 1 is 1.20 bits per heavy atom. The standard InChI is InChI=1S/C13H19NS/c1-9-4-10(2)6-12(5-9)13-14-7-11(3)8-15-13/h4-6,11,13-14H,7-8H2,1-3H3. The first-order chi connectivity index (χ1) is 7.15. The zero-order valence-corrected chi connectivity index (χ0v) is 10.5. The van der Waals surface area contributed by atoms with Crippen LogP contribution in [0.4, 0.5) is 0 Å². The maximum atomic E-state index is 3.60. The Labute approximate surface area is 96.7 Å². The Morgan fingerprint density at radius 2 is 1.87 bits per heavy atom. The maximum absolute atomic E-state index is 3.60. The minimum absolute atomic E-state index is 0.500. The van der Waals surface area contributed by atoms with E-state index in [0.717, 1.165) is 12.5 Å². The van der Waals surface area contributed by atoms with Gasteiger partial charge in [0.2, 0.25) is 0 Å². The van der Waals surface area contributed by atoms with Crippen LogP contribution in [0.15, 0.2) is 18.2 Å². The van der Waals surface area contributed by atoms with Crippen LogP contribution in [-0.4, -0.2) is 12.3 Å². The van der Waals surface area contributed by atoms with Crippen LogP contribution >= 0.6 is 11.8 Å². The van der Waals surface area contributed by atoms with Crippen molar-refractivity contribution in [1.82, 2.24) is 5.32 Å². The second kappa shape index (κ2) is 4.58. The molecule has 1 fully saturated rings. The van der Waals surface area contributed by atoms with E-state index in [1.807, 2.05) is 11.8 Å². The van der Waals surface area contributed by atoms with Crippen molar-refractivity contribution in [1.29, 1.82) is 0 Å². The van der Waals surface area contributed by atoms with Gasteiger partial charge in [0.1, 0.15) is 0 Å². The Bertz CT molecular complexity index is 320. The summed E-state index contributed by atoms with van der Waals surface area (Å²) in [7, 11) is 0. The van der Waals surface area contributed by atoms with Crippen molar-refractivity contribution in [3.05, 3.63) is 34.9 Å². The largest absolute Gasteiger partial charge is 0.301 e. The van der Waals surface area contributed by atoms with Gasteiger partial charge in [0.25, 0.3) is 0 Å². The number of nitrogens with one attached hydrogen (secondary N) is 1. The minimum Gasteiger partial charge on any atom is -0.301 e. The zero-order valence-electron chi connectivity index (χ0n) is 9.71. The molecule has 1 N–H and O–H groups in total. The third-order valence-electron chi connectivity index (χ3n) is 2.75. The summed E-state index contributed by atoms with van der Waals surface area (Å²) < 4.78 is 0. The van der Waals surface area contributed by atoms with E-state index in [2.05, 4.69) is 44.3 Å². The molecule has 2 unspecified atom stereocenters. The van der Waals surface area contributed by atoms with Gasteiger partial charge in [-0.2, -0.15) is 0 Å². The van der Waals surface area contributed by atoms with Crippen LogP contribution in [0.2, 0.25) is 0 Å². The molecule has 0 radical (unpaired) electrons. The summed E-state index contributed by atoms with van der Waals surface area (Å²) in [5.74, 6) is 2.07. The molecule has 2 atom stereocenters. The van der Waals surface area contributed by atoms with E-state index < -0.39 is 0 Å². The van der Waals surface area contributed by atoms with Crippen LogP contribution in [0.5, 0.6) is 0 Å². The summed E-state index contributed by atoms with van der Waals surface area (Å²) in [6.45, 7) is 7.79. The highest BCUT2D eigenvalue weighted by atomic mass is 32.2. The molecule has 0 aromatic heterocycles. The van der Waals surface area contributed by atoms with Crippen molar-refractivity contribution in [2.45, 2.75) is 26.1 Å². The van der Waals surface area contributed by atoms with Crippen molar-refractivity contribution < 1.29 is 0 Å². The molecule has 1 heterocycles. The van der Waals surface area contributed by atoms with Crippen LogP contribution in [0, 0.1) is 19.8 Å². The number of aryl methyl sites for hydroxylation is 2. The summed E-state index contributed by atoms with van der Waals surface area (Å²) in [6, 6.07) is 6.83. The number of hydrogen-bond donors (Lipinski definition) is 1. The van der Waals surface area contributed by atoms with E-state index in [1.54, 1.807) is 0 Å². The third kappa shape index (κ3) is 2.76. The molecule has 1 aliphatic heterocycles. The van der Waals surface area contributed by atoms with Crippen LogP contribution < -0.4 is 5.32 Å². The number of benzene rings is 1. The third-order valence-corrected chi connectivity index (χ3v) is 4.28. The Kier molecular flexibility index (Phi) is 3.37. The molecule has 0 bridgehead atoms. The summed E-state index contributed by atoms with van der Waals surface area (Å²) in [5, 5.41) is 4.10. The van der Waals surface area contributed by atoms with Crippen molar-refractivity contribution in [2.75, 3.05) is 12.3 Å². The van der Waals surface area contributed by atoms with Gasteiger partial charge in [0.05, 0.1) is 5.37 Å². The first-order valence-corrected chi connectivity index (χ1v) is 6.63. The predicted octanol–water partition coefficient (Wildman–Crippen LogP) is 3.27. The van der Waals surface area contributed by atoms with Crippen molar-refractivity contribution in [3.8, 4) is 0 Å². The molecule has 1 saturated heterocycles. The number of rotatable bonds is 1. The van der Waals surface area contributed by atoms with Crippen LogP contribution in [0.3, 0.4) is 0 Å². The zero-order chi connectivity index (χ0) is 10.8. The molecule has 0 aliphatic carbocycles. The Balaban J connectivity index is 2.15. The van der Waals surface area contributed by atoms with Gasteiger partial charge in [-0.25, -0.2) is 0 Å². The van der Waals surface area contributed by atoms with Gasteiger partial charge in [0, 0.05) is 0 Å².